The molecule has 0 bridgehead atoms. The molecule has 108 valence electrons. The van der Waals surface area contributed by atoms with Crippen molar-refractivity contribution < 1.29 is 4.39 Å². The first-order chi connectivity index (χ1) is 9.74. The van der Waals surface area contributed by atoms with E-state index < -0.39 is 0 Å². The molecule has 1 aromatic carbocycles. The van der Waals surface area contributed by atoms with E-state index >= 15 is 0 Å². The molecule has 1 unspecified atom stereocenters. The van der Waals surface area contributed by atoms with Crippen molar-refractivity contribution in [3.63, 3.8) is 0 Å². The van der Waals surface area contributed by atoms with Crippen LogP contribution in [-0.2, 0) is 0 Å². The molecule has 0 fully saturated rings. The zero-order chi connectivity index (χ0) is 14.4. The van der Waals surface area contributed by atoms with Crippen LogP contribution in [-0.4, -0.2) is 6.54 Å². The quantitative estimate of drug-likeness (QED) is 0.504. The van der Waals surface area contributed by atoms with Gasteiger partial charge in [-0.25, -0.2) is 4.39 Å². The van der Waals surface area contributed by atoms with E-state index in [-0.39, 0.29) is 5.82 Å². The Hall–Kier alpha value is -1.19. The first kappa shape index (κ1) is 15.2. The maximum atomic E-state index is 13.3. The molecule has 1 atom stereocenters. The second-order valence-corrected chi connectivity index (χ2v) is 6.17. The van der Waals surface area contributed by atoms with Crippen LogP contribution in [0.1, 0.15) is 43.5 Å². The highest BCUT2D eigenvalue weighted by Gasteiger charge is 2.13. The molecule has 1 nitrogen and oxygen atoms in total. The highest BCUT2D eigenvalue weighted by atomic mass is 32.1. The molecule has 2 rings (SSSR count). The fourth-order valence-electron chi connectivity index (χ4n) is 2.33. The summed E-state index contributed by atoms with van der Waals surface area (Å²) in [6.07, 6.45) is 6.37. The lowest BCUT2D eigenvalue weighted by molar-refractivity contribution is 0.493. The van der Waals surface area contributed by atoms with Crippen molar-refractivity contribution in [2.45, 2.75) is 38.6 Å². The van der Waals surface area contributed by atoms with Crippen molar-refractivity contribution in [3.05, 3.63) is 47.6 Å². The second-order valence-electron chi connectivity index (χ2n) is 5.06. The summed E-state index contributed by atoms with van der Waals surface area (Å²) in [7, 11) is 0. The lowest BCUT2D eigenvalue weighted by Gasteiger charge is -2.16. The standard InChI is InChI=1S/C17H22FNS/c1-3-5-6-7-15(19-10-4-2)17-11-13-8-9-14(18)12-16(13)20-17/h3,8-9,11-12,15,19H,1,4-7,10H2,2H3. The van der Waals surface area contributed by atoms with E-state index in [2.05, 4.69) is 24.9 Å². The minimum absolute atomic E-state index is 0.157. The molecule has 0 saturated heterocycles. The molecule has 0 radical (unpaired) electrons. The highest BCUT2D eigenvalue weighted by molar-refractivity contribution is 7.19. The van der Waals surface area contributed by atoms with Crippen molar-refractivity contribution in [2.24, 2.45) is 0 Å². The van der Waals surface area contributed by atoms with Crippen LogP contribution in [0.15, 0.2) is 36.9 Å². The van der Waals surface area contributed by atoms with Crippen LogP contribution >= 0.6 is 11.3 Å². The first-order valence-electron chi connectivity index (χ1n) is 7.28. The van der Waals surface area contributed by atoms with E-state index in [0.29, 0.717) is 6.04 Å². The molecule has 1 N–H and O–H groups in total. The van der Waals surface area contributed by atoms with Crippen LogP contribution in [0.4, 0.5) is 4.39 Å². The Morgan fingerprint density at radius 3 is 3.00 bits per heavy atom. The summed E-state index contributed by atoms with van der Waals surface area (Å²) < 4.78 is 14.3. The van der Waals surface area contributed by atoms with E-state index in [1.165, 1.54) is 10.9 Å². The average molecular weight is 291 g/mol. The molecule has 1 aromatic heterocycles. The summed E-state index contributed by atoms with van der Waals surface area (Å²) >= 11 is 1.70. The van der Waals surface area contributed by atoms with Gasteiger partial charge in [-0.2, -0.15) is 0 Å². The van der Waals surface area contributed by atoms with Gasteiger partial charge >= 0.3 is 0 Å². The second kappa shape index (κ2) is 7.55. The number of fused-ring (bicyclic) bond motifs is 1. The van der Waals surface area contributed by atoms with E-state index in [4.69, 9.17) is 0 Å². The smallest absolute Gasteiger partial charge is 0.124 e. The number of allylic oxidation sites excluding steroid dienone is 1. The van der Waals surface area contributed by atoms with Crippen molar-refractivity contribution in [1.82, 2.24) is 5.32 Å². The molecule has 0 aliphatic heterocycles. The molecule has 1 heterocycles. The summed E-state index contributed by atoms with van der Waals surface area (Å²) in [6.45, 7) is 6.97. The van der Waals surface area contributed by atoms with Gasteiger partial charge < -0.3 is 5.32 Å². The van der Waals surface area contributed by atoms with Gasteiger partial charge in [0.25, 0.3) is 0 Å². The maximum Gasteiger partial charge on any atom is 0.124 e. The third-order valence-corrected chi connectivity index (χ3v) is 4.60. The Kier molecular flexibility index (Phi) is 5.74. The van der Waals surface area contributed by atoms with Crippen molar-refractivity contribution in [3.8, 4) is 0 Å². The number of benzene rings is 1. The lowest BCUT2D eigenvalue weighted by atomic mass is 10.1. The molecular formula is C17H22FNS. The Labute approximate surface area is 124 Å². The lowest BCUT2D eigenvalue weighted by Crippen LogP contribution is -2.21. The van der Waals surface area contributed by atoms with Gasteiger partial charge in [0.15, 0.2) is 0 Å². The van der Waals surface area contributed by atoms with Crippen molar-refractivity contribution in [2.75, 3.05) is 6.54 Å². The normalized spacial score (nSPS) is 12.7. The highest BCUT2D eigenvalue weighted by Crippen LogP contribution is 2.32. The van der Waals surface area contributed by atoms with Gasteiger partial charge in [-0.15, -0.1) is 17.9 Å². The van der Waals surface area contributed by atoms with E-state index in [9.17, 15) is 4.39 Å². The predicted octanol–water partition coefficient (Wildman–Crippen LogP) is 5.44. The topological polar surface area (TPSA) is 12.0 Å². The molecular weight excluding hydrogens is 269 g/mol. The third kappa shape index (κ3) is 3.90. The van der Waals surface area contributed by atoms with Gasteiger partial charge in [0, 0.05) is 15.6 Å². The fourth-order valence-corrected chi connectivity index (χ4v) is 3.53. The molecule has 0 aliphatic carbocycles. The Morgan fingerprint density at radius 1 is 1.40 bits per heavy atom. The number of nitrogens with one attached hydrogen (secondary N) is 1. The summed E-state index contributed by atoms with van der Waals surface area (Å²) in [6, 6.07) is 7.59. The van der Waals surface area contributed by atoms with E-state index in [1.807, 2.05) is 12.1 Å². The van der Waals surface area contributed by atoms with Gasteiger partial charge in [-0.3, -0.25) is 0 Å². The van der Waals surface area contributed by atoms with Crippen LogP contribution in [0.2, 0.25) is 0 Å². The molecule has 20 heavy (non-hydrogen) atoms. The van der Waals surface area contributed by atoms with Crippen molar-refractivity contribution in [1.29, 1.82) is 0 Å². The monoisotopic (exact) mass is 291 g/mol. The van der Waals surface area contributed by atoms with E-state index in [1.54, 1.807) is 17.4 Å². The summed E-state index contributed by atoms with van der Waals surface area (Å²) in [5, 5.41) is 4.74. The van der Waals surface area contributed by atoms with Crippen LogP contribution in [0, 0.1) is 5.82 Å². The molecule has 3 heteroatoms. The molecule has 0 aliphatic rings. The number of unbranched alkanes of at least 4 members (excludes halogenated alkanes) is 1. The summed E-state index contributed by atoms with van der Waals surface area (Å²) in [5.41, 5.74) is 0. The zero-order valence-electron chi connectivity index (χ0n) is 12.0. The first-order valence-corrected chi connectivity index (χ1v) is 8.09. The molecule has 0 saturated carbocycles. The van der Waals surface area contributed by atoms with Gasteiger partial charge in [0.05, 0.1) is 0 Å². The largest absolute Gasteiger partial charge is 0.309 e. The van der Waals surface area contributed by atoms with Gasteiger partial charge in [0.1, 0.15) is 5.82 Å². The number of rotatable bonds is 8. The molecule has 0 spiro atoms. The number of thiophene rings is 1. The van der Waals surface area contributed by atoms with Gasteiger partial charge in [0.2, 0.25) is 0 Å². The SMILES string of the molecule is C=CCCCC(NCCC)c1cc2ccc(F)cc2s1. The van der Waals surface area contributed by atoms with E-state index in [0.717, 1.165) is 42.3 Å². The van der Waals surface area contributed by atoms with Crippen LogP contribution in [0.3, 0.4) is 0 Å². The minimum Gasteiger partial charge on any atom is -0.309 e. The average Bonchev–Trinajstić information content (AvgIpc) is 2.85. The zero-order valence-corrected chi connectivity index (χ0v) is 12.8. The maximum absolute atomic E-state index is 13.3. The minimum atomic E-state index is -0.157. The summed E-state index contributed by atoms with van der Waals surface area (Å²) in [4.78, 5) is 1.31. The number of halogens is 1. The number of hydrogen-bond acceptors (Lipinski definition) is 2. The van der Waals surface area contributed by atoms with Crippen LogP contribution in [0.5, 0.6) is 0 Å². The Balaban J connectivity index is 2.17. The predicted molar refractivity (Wildman–Crippen MR) is 86.9 cm³/mol. The number of hydrogen-bond donors (Lipinski definition) is 1. The Bertz CT molecular complexity index is 561. The van der Waals surface area contributed by atoms with Crippen molar-refractivity contribution >= 4 is 21.4 Å². The molecule has 0 amide bonds. The third-order valence-electron chi connectivity index (χ3n) is 3.39. The Morgan fingerprint density at radius 2 is 2.25 bits per heavy atom. The van der Waals surface area contributed by atoms with Crippen LogP contribution < -0.4 is 5.32 Å². The van der Waals surface area contributed by atoms with Gasteiger partial charge in [-0.05, 0) is 55.8 Å². The van der Waals surface area contributed by atoms with Crippen LogP contribution in [0.25, 0.3) is 10.1 Å². The summed E-state index contributed by atoms with van der Waals surface area (Å²) in [5.74, 6) is -0.157. The van der Waals surface area contributed by atoms with Gasteiger partial charge in [-0.1, -0.05) is 19.1 Å². The fraction of sp³-hybridized carbons (Fsp3) is 0.412. The molecule has 2 aromatic rings.